The molecular formula is C14H26N4O7. The number of carbonyl (C=O) groups is 4. The fraction of sp³-hybridized carbons (Fsp3) is 0.714. The molecule has 0 fully saturated rings. The summed E-state index contributed by atoms with van der Waals surface area (Å²) in [5.41, 5.74) is 5.25. The topological polar surface area (TPSA) is 191 Å². The smallest absolute Gasteiger partial charge is 0.326 e. The Balaban J connectivity index is 4.60. The van der Waals surface area contributed by atoms with Crippen molar-refractivity contribution in [3.8, 4) is 0 Å². The maximum Gasteiger partial charge on any atom is 0.326 e. The van der Waals surface area contributed by atoms with E-state index in [1.807, 2.05) is 0 Å². The number of carboxylic acids is 1. The van der Waals surface area contributed by atoms with E-state index in [0.717, 1.165) is 0 Å². The van der Waals surface area contributed by atoms with Crippen molar-refractivity contribution in [2.45, 2.75) is 38.4 Å². The summed E-state index contributed by atoms with van der Waals surface area (Å²) in [5, 5.41) is 33.6. The molecule has 0 bridgehead atoms. The highest BCUT2D eigenvalue weighted by Crippen LogP contribution is 2.05. The molecule has 0 aliphatic carbocycles. The molecule has 11 nitrogen and oxygen atoms in total. The second-order valence-electron chi connectivity index (χ2n) is 5.84. The third-order valence-corrected chi connectivity index (χ3v) is 3.11. The molecule has 0 aromatic rings. The van der Waals surface area contributed by atoms with Crippen LogP contribution in [0.5, 0.6) is 0 Å². The molecule has 8 N–H and O–H groups in total. The average molecular weight is 362 g/mol. The number of rotatable bonds is 11. The number of nitrogens with one attached hydrogen (secondary N) is 3. The van der Waals surface area contributed by atoms with Crippen LogP contribution in [0.15, 0.2) is 0 Å². The van der Waals surface area contributed by atoms with E-state index in [0.29, 0.717) is 0 Å². The molecule has 0 saturated carbocycles. The number of hydrogen-bond acceptors (Lipinski definition) is 7. The van der Waals surface area contributed by atoms with Gasteiger partial charge in [-0.05, 0) is 12.3 Å². The van der Waals surface area contributed by atoms with E-state index >= 15 is 0 Å². The van der Waals surface area contributed by atoms with Gasteiger partial charge in [-0.15, -0.1) is 0 Å². The lowest BCUT2D eigenvalue weighted by molar-refractivity contribution is -0.143. The normalized spacial score (nSPS) is 14.3. The number of aliphatic hydroxyl groups excluding tert-OH is 2. The molecule has 0 aromatic heterocycles. The Morgan fingerprint density at radius 2 is 1.56 bits per heavy atom. The number of aliphatic carboxylic acids is 1. The van der Waals surface area contributed by atoms with Gasteiger partial charge in [0, 0.05) is 0 Å². The fourth-order valence-corrected chi connectivity index (χ4v) is 1.79. The zero-order valence-corrected chi connectivity index (χ0v) is 14.2. The van der Waals surface area contributed by atoms with Gasteiger partial charge >= 0.3 is 5.97 Å². The van der Waals surface area contributed by atoms with Crippen LogP contribution in [0.2, 0.25) is 0 Å². The first-order valence-electron chi connectivity index (χ1n) is 7.69. The van der Waals surface area contributed by atoms with Crippen LogP contribution in [-0.4, -0.2) is 76.9 Å². The highest BCUT2D eigenvalue weighted by molar-refractivity contribution is 5.92. The van der Waals surface area contributed by atoms with Crippen molar-refractivity contribution >= 4 is 23.7 Å². The molecule has 0 spiro atoms. The molecule has 3 unspecified atom stereocenters. The number of carboxylic acid groups (broad SMARTS) is 1. The standard InChI is InChI=1S/C14H26N4O7/c1-7(2)3-9(14(24)25)18-13(23)10(6-20)17-11(21)4-16-12(22)8(15)5-19/h7-10,19-20H,3-6,15H2,1-2H3,(H,16,22)(H,17,21)(H,18,23)(H,24,25). The molecule has 0 aliphatic rings. The first kappa shape index (κ1) is 22.8. The number of aliphatic hydroxyl groups is 2. The largest absolute Gasteiger partial charge is 0.480 e. The van der Waals surface area contributed by atoms with Crippen molar-refractivity contribution in [2.75, 3.05) is 19.8 Å². The summed E-state index contributed by atoms with van der Waals surface area (Å²) in [6, 6.07) is -3.71. The first-order chi connectivity index (χ1) is 11.6. The molecule has 0 aromatic carbocycles. The van der Waals surface area contributed by atoms with Gasteiger partial charge in [0.1, 0.15) is 18.1 Å². The highest BCUT2D eigenvalue weighted by atomic mass is 16.4. The predicted octanol–water partition coefficient (Wildman–Crippen LogP) is -3.49. The summed E-state index contributed by atoms with van der Waals surface area (Å²) in [6.45, 7) is 1.70. The van der Waals surface area contributed by atoms with Crippen LogP contribution < -0.4 is 21.7 Å². The number of carbonyl (C=O) groups excluding carboxylic acids is 3. The quantitative estimate of drug-likeness (QED) is 0.197. The van der Waals surface area contributed by atoms with Gasteiger partial charge in [-0.3, -0.25) is 14.4 Å². The van der Waals surface area contributed by atoms with Crippen molar-refractivity contribution in [1.29, 1.82) is 0 Å². The summed E-state index contributed by atoms with van der Waals surface area (Å²) in [6.07, 6.45) is 0.183. The lowest BCUT2D eigenvalue weighted by Gasteiger charge is -2.21. The molecule has 3 atom stereocenters. The Labute approximate surface area is 145 Å². The second kappa shape index (κ2) is 11.3. The maximum absolute atomic E-state index is 12.0. The fourth-order valence-electron chi connectivity index (χ4n) is 1.79. The minimum absolute atomic E-state index is 0.00881. The molecule has 0 aliphatic heterocycles. The Morgan fingerprint density at radius 1 is 0.960 bits per heavy atom. The van der Waals surface area contributed by atoms with Crippen LogP contribution in [0.3, 0.4) is 0 Å². The zero-order valence-electron chi connectivity index (χ0n) is 14.2. The van der Waals surface area contributed by atoms with E-state index in [4.69, 9.17) is 15.9 Å². The van der Waals surface area contributed by atoms with Crippen molar-refractivity contribution in [2.24, 2.45) is 11.7 Å². The Bertz CT molecular complexity index is 484. The van der Waals surface area contributed by atoms with Gasteiger partial charge in [0.05, 0.1) is 19.8 Å². The second-order valence-corrected chi connectivity index (χ2v) is 5.84. The zero-order chi connectivity index (χ0) is 19.6. The first-order valence-corrected chi connectivity index (χ1v) is 7.69. The monoisotopic (exact) mass is 362 g/mol. The number of nitrogens with two attached hydrogens (primary N) is 1. The highest BCUT2D eigenvalue weighted by Gasteiger charge is 2.26. The average Bonchev–Trinajstić information content (AvgIpc) is 2.55. The Morgan fingerprint density at radius 3 is 2.00 bits per heavy atom. The molecule has 0 radical (unpaired) electrons. The van der Waals surface area contributed by atoms with Crippen LogP contribution in [0, 0.1) is 5.92 Å². The molecule has 3 amide bonds. The van der Waals surface area contributed by atoms with Gasteiger partial charge in [-0.25, -0.2) is 4.79 Å². The molecule has 25 heavy (non-hydrogen) atoms. The summed E-state index contributed by atoms with van der Waals surface area (Å²) in [4.78, 5) is 46.2. The number of amides is 3. The van der Waals surface area contributed by atoms with E-state index in [1.54, 1.807) is 13.8 Å². The molecular weight excluding hydrogens is 336 g/mol. The van der Waals surface area contributed by atoms with Crippen molar-refractivity contribution < 1.29 is 34.5 Å². The third kappa shape index (κ3) is 8.98. The van der Waals surface area contributed by atoms with Gasteiger partial charge in [0.25, 0.3) is 0 Å². The lowest BCUT2D eigenvalue weighted by atomic mass is 10.0. The van der Waals surface area contributed by atoms with Gasteiger partial charge < -0.3 is 37.0 Å². The maximum atomic E-state index is 12.0. The number of hydrogen-bond donors (Lipinski definition) is 7. The van der Waals surface area contributed by atoms with Crippen LogP contribution >= 0.6 is 0 Å². The van der Waals surface area contributed by atoms with E-state index in [2.05, 4.69) is 16.0 Å². The van der Waals surface area contributed by atoms with Gasteiger partial charge in [-0.2, -0.15) is 0 Å². The van der Waals surface area contributed by atoms with Gasteiger partial charge in [0.2, 0.25) is 17.7 Å². The Kier molecular flexibility index (Phi) is 10.3. The summed E-state index contributed by atoms with van der Waals surface area (Å²) < 4.78 is 0. The summed E-state index contributed by atoms with van der Waals surface area (Å²) in [5.74, 6) is -3.62. The minimum atomic E-state index is -1.37. The predicted molar refractivity (Wildman–Crippen MR) is 86.1 cm³/mol. The lowest BCUT2D eigenvalue weighted by Crippen LogP contribution is -2.55. The summed E-state index contributed by atoms with van der Waals surface area (Å²) in [7, 11) is 0. The van der Waals surface area contributed by atoms with Gasteiger partial charge in [-0.1, -0.05) is 13.8 Å². The SMILES string of the molecule is CC(C)CC(NC(=O)C(CO)NC(=O)CNC(=O)C(N)CO)C(=O)O. The molecule has 144 valence electrons. The molecule has 0 heterocycles. The minimum Gasteiger partial charge on any atom is -0.480 e. The van der Waals surface area contributed by atoms with Crippen LogP contribution in [0.1, 0.15) is 20.3 Å². The Hall–Kier alpha value is -2.24. The van der Waals surface area contributed by atoms with Crippen molar-refractivity contribution in [3.05, 3.63) is 0 Å². The van der Waals surface area contributed by atoms with E-state index < -0.39 is 61.6 Å². The van der Waals surface area contributed by atoms with Crippen molar-refractivity contribution in [1.82, 2.24) is 16.0 Å². The van der Waals surface area contributed by atoms with Crippen molar-refractivity contribution in [3.63, 3.8) is 0 Å². The van der Waals surface area contributed by atoms with Gasteiger partial charge in [0.15, 0.2) is 0 Å². The van der Waals surface area contributed by atoms with E-state index in [-0.39, 0.29) is 12.3 Å². The molecule has 0 rings (SSSR count). The van der Waals surface area contributed by atoms with Crippen LogP contribution in [-0.2, 0) is 19.2 Å². The summed E-state index contributed by atoms with van der Waals surface area (Å²) >= 11 is 0. The van der Waals surface area contributed by atoms with E-state index in [1.165, 1.54) is 0 Å². The third-order valence-electron chi connectivity index (χ3n) is 3.11. The van der Waals surface area contributed by atoms with Crippen LogP contribution in [0.25, 0.3) is 0 Å². The molecule has 11 heteroatoms. The van der Waals surface area contributed by atoms with E-state index in [9.17, 15) is 24.3 Å². The van der Waals surface area contributed by atoms with Crippen LogP contribution in [0.4, 0.5) is 0 Å². The molecule has 0 saturated heterocycles.